The number of ether oxygens (including phenoxy) is 1. The Morgan fingerprint density at radius 2 is 2.26 bits per heavy atom. The highest BCUT2D eigenvalue weighted by Crippen LogP contribution is 2.21. The van der Waals surface area contributed by atoms with Crippen molar-refractivity contribution < 1.29 is 4.74 Å². The number of morpholine rings is 1. The van der Waals surface area contributed by atoms with Crippen LogP contribution in [0.1, 0.15) is 44.0 Å². The minimum atomic E-state index is 0.00227. The Morgan fingerprint density at radius 1 is 1.53 bits per heavy atom. The number of aromatic amines is 1. The molecule has 0 spiro atoms. The van der Waals surface area contributed by atoms with E-state index in [0.29, 0.717) is 10.7 Å². The monoisotopic (exact) mass is 281 g/mol. The van der Waals surface area contributed by atoms with Crippen molar-refractivity contribution in [2.24, 2.45) is 0 Å². The molecule has 0 aliphatic carbocycles. The maximum atomic E-state index is 5.85. The largest absolute Gasteiger partial charge is 0.368 e. The first kappa shape index (κ1) is 14.6. The third-order valence-electron chi connectivity index (χ3n) is 3.74. The van der Waals surface area contributed by atoms with Crippen LogP contribution in [0.15, 0.2) is 0 Å². The molecule has 0 radical (unpaired) electrons. The van der Waals surface area contributed by atoms with Gasteiger partial charge in [-0.1, -0.05) is 19.1 Å². The molecule has 1 N–H and O–H groups in total. The molecule has 5 heteroatoms. The lowest BCUT2D eigenvalue weighted by molar-refractivity contribution is -0.0444. The minimum Gasteiger partial charge on any atom is -0.368 e. The normalized spacial score (nSPS) is 21.0. The van der Waals surface area contributed by atoms with E-state index in [4.69, 9.17) is 17.0 Å². The van der Waals surface area contributed by atoms with Gasteiger partial charge in [0.1, 0.15) is 16.6 Å². The lowest BCUT2D eigenvalue weighted by Gasteiger charge is -2.35. The Balaban J connectivity index is 2.25. The number of nitrogens with zero attached hydrogens (tertiary/aromatic N) is 2. The first-order valence-corrected chi connectivity index (χ1v) is 7.39. The summed E-state index contributed by atoms with van der Waals surface area (Å²) in [6, 6.07) is 0.533. The van der Waals surface area contributed by atoms with E-state index < -0.39 is 0 Å². The van der Waals surface area contributed by atoms with Gasteiger partial charge in [-0.3, -0.25) is 4.90 Å². The minimum absolute atomic E-state index is 0.00227. The van der Waals surface area contributed by atoms with Crippen LogP contribution in [0.4, 0.5) is 0 Å². The molecule has 4 nitrogen and oxygen atoms in total. The zero-order valence-electron chi connectivity index (χ0n) is 12.2. The van der Waals surface area contributed by atoms with Gasteiger partial charge in [-0.15, -0.1) is 0 Å². The summed E-state index contributed by atoms with van der Waals surface area (Å²) < 4.78 is 6.55. The van der Waals surface area contributed by atoms with E-state index in [1.54, 1.807) is 0 Å². The van der Waals surface area contributed by atoms with Gasteiger partial charge in [0.15, 0.2) is 0 Å². The van der Waals surface area contributed by atoms with Crippen LogP contribution in [0.3, 0.4) is 0 Å². The summed E-state index contributed by atoms with van der Waals surface area (Å²) in [5, 5.41) is 0. The Bertz CT molecular complexity index is 498. The van der Waals surface area contributed by atoms with Gasteiger partial charge in [0, 0.05) is 30.4 Å². The van der Waals surface area contributed by atoms with Crippen molar-refractivity contribution in [3.8, 4) is 0 Å². The van der Waals surface area contributed by atoms with Crippen molar-refractivity contribution >= 4 is 12.2 Å². The molecule has 1 saturated heterocycles. The van der Waals surface area contributed by atoms with Crippen molar-refractivity contribution in [2.45, 2.75) is 46.3 Å². The van der Waals surface area contributed by atoms with Gasteiger partial charge in [-0.25, -0.2) is 4.98 Å². The van der Waals surface area contributed by atoms with Gasteiger partial charge in [0.2, 0.25) is 0 Å². The van der Waals surface area contributed by atoms with Crippen molar-refractivity contribution in [1.29, 1.82) is 0 Å². The predicted molar refractivity (Wildman–Crippen MR) is 78.9 cm³/mol. The molecular formula is C14H23N3OS. The second-order valence-corrected chi connectivity index (χ2v) is 5.72. The molecule has 1 atom stereocenters. The standard InChI is InChI=1S/C14H23N3OS/c1-5-11-10(4)15-13(16-14(11)19)12-8-17(9(2)3)6-7-18-12/h9,12H,5-8H2,1-4H3,(H,15,16,19). The Morgan fingerprint density at radius 3 is 2.84 bits per heavy atom. The molecule has 1 aliphatic rings. The number of aromatic nitrogens is 2. The molecule has 1 fully saturated rings. The maximum Gasteiger partial charge on any atom is 0.138 e. The molecule has 0 amide bonds. The summed E-state index contributed by atoms with van der Waals surface area (Å²) in [5.74, 6) is 0.866. The molecule has 1 unspecified atom stereocenters. The van der Waals surface area contributed by atoms with E-state index in [1.165, 1.54) is 0 Å². The first-order valence-electron chi connectivity index (χ1n) is 6.98. The molecule has 2 heterocycles. The van der Waals surface area contributed by atoms with E-state index in [-0.39, 0.29) is 6.10 Å². The third-order valence-corrected chi connectivity index (χ3v) is 4.07. The number of H-pyrrole nitrogens is 1. The number of aryl methyl sites for hydroxylation is 1. The smallest absolute Gasteiger partial charge is 0.138 e. The van der Waals surface area contributed by atoms with Crippen molar-refractivity contribution in [3.05, 3.63) is 21.7 Å². The lowest BCUT2D eigenvalue weighted by Crippen LogP contribution is -2.42. The summed E-state index contributed by atoms with van der Waals surface area (Å²) in [6.07, 6.45) is 0.917. The molecule has 0 saturated carbocycles. The van der Waals surface area contributed by atoms with Gasteiger partial charge in [0.25, 0.3) is 0 Å². The summed E-state index contributed by atoms with van der Waals surface area (Å²) in [6.45, 7) is 11.2. The topological polar surface area (TPSA) is 41.2 Å². The molecular weight excluding hydrogens is 258 g/mol. The van der Waals surface area contributed by atoms with Crippen molar-refractivity contribution in [3.63, 3.8) is 0 Å². The number of hydrogen-bond donors (Lipinski definition) is 1. The van der Waals surface area contributed by atoms with Gasteiger partial charge in [-0.05, 0) is 27.2 Å². The van der Waals surface area contributed by atoms with Crippen LogP contribution in [0.5, 0.6) is 0 Å². The molecule has 2 rings (SSSR count). The third kappa shape index (κ3) is 3.22. The Kier molecular flexibility index (Phi) is 4.71. The molecule has 1 aromatic heterocycles. The molecule has 106 valence electrons. The van der Waals surface area contributed by atoms with Crippen molar-refractivity contribution in [2.75, 3.05) is 19.7 Å². The van der Waals surface area contributed by atoms with E-state index in [0.717, 1.165) is 43.2 Å². The fourth-order valence-electron chi connectivity index (χ4n) is 2.51. The van der Waals surface area contributed by atoms with E-state index >= 15 is 0 Å². The van der Waals surface area contributed by atoms with E-state index in [1.807, 2.05) is 0 Å². The quantitative estimate of drug-likeness (QED) is 0.865. The predicted octanol–water partition coefficient (Wildman–Crippen LogP) is 2.79. The first-order chi connectivity index (χ1) is 9.02. The number of rotatable bonds is 3. The second kappa shape index (κ2) is 6.11. The van der Waals surface area contributed by atoms with E-state index in [9.17, 15) is 0 Å². The van der Waals surface area contributed by atoms with Crippen LogP contribution in [0.25, 0.3) is 0 Å². The summed E-state index contributed by atoms with van der Waals surface area (Å²) in [7, 11) is 0. The SMILES string of the molecule is CCc1c(C)[nH]c(C2CN(C(C)C)CCO2)nc1=S. The summed E-state index contributed by atoms with van der Waals surface area (Å²) in [5.41, 5.74) is 2.25. The molecule has 1 aromatic rings. The molecule has 0 aromatic carbocycles. The van der Waals surface area contributed by atoms with E-state index in [2.05, 4.69) is 42.6 Å². The maximum absolute atomic E-state index is 5.85. The van der Waals surface area contributed by atoms with Crippen LogP contribution in [-0.2, 0) is 11.2 Å². The van der Waals surface area contributed by atoms with Gasteiger partial charge in [0.05, 0.1) is 6.61 Å². The van der Waals surface area contributed by atoms with Crippen LogP contribution in [0, 0.1) is 11.6 Å². The molecule has 19 heavy (non-hydrogen) atoms. The Labute approximate surface area is 120 Å². The zero-order chi connectivity index (χ0) is 14.0. The highest BCUT2D eigenvalue weighted by atomic mass is 32.1. The average Bonchev–Trinajstić information content (AvgIpc) is 2.38. The summed E-state index contributed by atoms with van der Waals surface area (Å²) >= 11 is 5.38. The number of nitrogens with one attached hydrogen (secondary N) is 1. The van der Waals surface area contributed by atoms with Gasteiger partial charge >= 0.3 is 0 Å². The van der Waals surface area contributed by atoms with Crippen molar-refractivity contribution in [1.82, 2.24) is 14.9 Å². The fourth-order valence-corrected chi connectivity index (χ4v) is 2.90. The lowest BCUT2D eigenvalue weighted by atomic mass is 10.1. The van der Waals surface area contributed by atoms with Crippen LogP contribution < -0.4 is 0 Å². The van der Waals surface area contributed by atoms with Gasteiger partial charge in [-0.2, -0.15) is 0 Å². The van der Waals surface area contributed by atoms with Crippen LogP contribution in [-0.4, -0.2) is 40.6 Å². The van der Waals surface area contributed by atoms with Crippen LogP contribution in [0.2, 0.25) is 0 Å². The van der Waals surface area contributed by atoms with Crippen LogP contribution >= 0.6 is 12.2 Å². The van der Waals surface area contributed by atoms with Gasteiger partial charge < -0.3 is 9.72 Å². The fraction of sp³-hybridized carbons (Fsp3) is 0.714. The summed E-state index contributed by atoms with van der Waals surface area (Å²) in [4.78, 5) is 10.3. The highest BCUT2D eigenvalue weighted by Gasteiger charge is 2.25. The molecule has 0 bridgehead atoms. The average molecular weight is 281 g/mol. The highest BCUT2D eigenvalue weighted by molar-refractivity contribution is 7.71. The zero-order valence-corrected chi connectivity index (χ0v) is 13.0. The second-order valence-electron chi connectivity index (χ2n) is 5.33. The molecule has 1 aliphatic heterocycles. The Hall–Kier alpha value is -0.780. The number of hydrogen-bond acceptors (Lipinski definition) is 4.